The molecule has 1 spiro atoms. The average molecular weight is 739 g/mol. The Hall–Kier alpha value is -5.60. The van der Waals surface area contributed by atoms with Crippen LogP contribution in [0.4, 0.5) is 0 Å². The van der Waals surface area contributed by atoms with E-state index in [0.717, 1.165) is 54.6 Å². The topological polar surface area (TPSA) is 26.3 Å². The Bertz CT molecular complexity index is 2950. The first-order valence-corrected chi connectivity index (χ1v) is 21.7. The summed E-state index contributed by atoms with van der Waals surface area (Å²) in [6.07, 6.45) is 21.9. The molecular formula is C55H46O2. The second-order valence-electron chi connectivity index (χ2n) is 17.9. The number of fused-ring (bicyclic) bond motifs is 13. The predicted molar refractivity (Wildman–Crippen MR) is 233 cm³/mol. The van der Waals surface area contributed by atoms with E-state index in [1.165, 1.54) is 87.2 Å². The van der Waals surface area contributed by atoms with Gasteiger partial charge in [0, 0.05) is 33.6 Å². The summed E-state index contributed by atoms with van der Waals surface area (Å²) in [5.41, 5.74) is 19.8. The third-order valence-electron chi connectivity index (χ3n) is 15.4. The third-order valence-corrected chi connectivity index (χ3v) is 15.4. The molecule has 4 atom stereocenters. The Balaban J connectivity index is 1.05. The minimum absolute atomic E-state index is 0.123. The molecular weight excluding hydrogens is 693 g/mol. The molecule has 2 heterocycles. The standard InChI is InChI=1S/C55H46O2/c1-4-25-46-35(14-1)40-23-11-24-43(54(40)55(46)30-7-8-31-55)51-38-19-9-17-33(36-21-12-28-49-52(36)41-15-2-5-26-47(41)56-49)44(38)32-45-34(18-10-20-39(45)51)37-22-13-29-50-53(37)42-16-3-6-27-48(42)57-50/h1-6,9,11,13-18,21-27,29,38-39,45,51H,7-8,10,12,19-20,28,30-32H2. The molecule has 278 valence electrons. The van der Waals surface area contributed by atoms with Gasteiger partial charge >= 0.3 is 0 Å². The van der Waals surface area contributed by atoms with Crippen LogP contribution in [0.5, 0.6) is 0 Å². The van der Waals surface area contributed by atoms with E-state index in [9.17, 15) is 0 Å². The lowest BCUT2D eigenvalue weighted by Crippen LogP contribution is -2.39. The van der Waals surface area contributed by atoms with Gasteiger partial charge in [-0.25, -0.2) is 0 Å². The van der Waals surface area contributed by atoms with Crippen LogP contribution in [0.3, 0.4) is 0 Å². The van der Waals surface area contributed by atoms with Gasteiger partial charge in [-0.3, -0.25) is 0 Å². The van der Waals surface area contributed by atoms with Gasteiger partial charge in [-0.05, 0) is 137 Å². The molecule has 0 bridgehead atoms. The van der Waals surface area contributed by atoms with Crippen molar-refractivity contribution in [2.24, 2.45) is 17.8 Å². The number of hydrogen-bond donors (Lipinski definition) is 0. The van der Waals surface area contributed by atoms with Gasteiger partial charge in [-0.1, -0.05) is 134 Å². The molecule has 5 aromatic carbocycles. The SMILES string of the molecule is C1=CC(C2=CCCc3oc4ccccc4c32)=C2CC3C(c4cccc5oc6ccccc6c45)=CCCC3C(c3cccc4c3C3(CCCC3)c3ccccc3-4)C2C1. The van der Waals surface area contributed by atoms with E-state index in [4.69, 9.17) is 8.83 Å². The fourth-order valence-electron chi connectivity index (χ4n) is 13.3. The number of allylic oxidation sites excluding steroid dienone is 8. The molecule has 13 rings (SSSR count). The highest BCUT2D eigenvalue weighted by atomic mass is 16.3. The van der Waals surface area contributed by atoms with Crippen molar-refractivity contribution in [3.05, 3.63) is 178 Å². The van der Waals surface area contributed by atoms with Crippen LogP contribution in [-0.4, -0.2) is 0 Å². The van der Waals surface area contributed by atoms with Crippen LogP contribution >= 0.6 is 0 Å². The van der Waals surface area contributed by atoms with Crippen LogP contribution in [0, 0.1) is 17.8 Å². The molecule has 0 saturated heterocycles. The van der Waals surface area contributed by atoms with Crippen LogP contribution in [0.2, 0.25) is 0 Å². The van der Waals surface area contributed by atoms with E-state index in [1.54, 1.807) is 22.3 Å². The number of furan rings is 2. The maximum atomic E-state index is 6.60. The van der Waals surface area contributed by atoms with Crippen LogP contribution in [0.1, 0.15) is 97.3 Å². The van der Waals surface area contributed by atoms with E-state index in [1.807, 2.05) is 0 Å². The van der Waals surface area contributed by atoms with Gasteiger partial charge in [0.2, 0.25) is 0 Å². The minimum atomic E-state index is 0.123. The summed E-state index contributed by atoms with van der Waals surface area (Å²) in [5, 5.41) is 3.76. The number of para-hydroxylation sites is 2. The molecule has 2 saturated carbocycles. The van der Waals surface area contributed by atoms with Crippen LogP contribution in [-0.2, 0) is 11.8 Å². The molecule has 7 aromatic rings. The summed E-state index contributed by atoms with van der Waals surface area (Å²) in [6, 6.07) is 41.1. The van der Waals surface area contributed by atoms with E-state index in [2.05, 4.69) is 133 Å². The largest absolute Gasteiger partial charge is 0.460 e. The van der Waals surface area contributed by atoms with Gasteiger partial charge in [-0.15, -0.1) is 0 Å². The summed E-state index contributed by atoms with van der Waals surface area (Å²) < 4.78 is 13.1. The molecule has 0 amide bonds. The molecule has 2 aromatic heterocycles. The van der Waals surface area contributed by atoms with Crippen molar-refractivity contribution in [1.82, 2.24) is 0 Å². The molecule has 0 N–H and O–H groups in total. The Kier molecular flexibility index (Phi) is 6.95. The van der Waals surface area contributed by atoms with Crippen LogP contribution in [0.25, 0.3) is 55.2 Å². The summed E-state index contributed by atoms with van der Waals surface area (Å²) in [7, 11) is 0. The van der Waals surface area contributed by atoms with E-state index < -0.39 is 0 Å². The molecule has 57 heavy (non-hydrogen) atoms. The zero-order chi connectivity index (χ0) is 37.2. The number of hydrogen-bond acceptors (Lipinski definition) is 2. The zero-order valence-corrected chi connectivity index (χ0v) is 32.4. The molecule has 6 aliphatic carbocycles. The second-order valence-corrected chi connectivity index (χ2v) is 17.9. The monoisotopic (exact) mass is 738 g/mol. The van der Waals surface area contributed by atoms with Gasteiger partial charge < -0.3 is 8.83 Å². The molecule has 2 heteroatoms. The van der Waals surface area contributed by atoms with Gasteiger partial charge in [0.15, 0.2) is 0 Å². The van der Waals surface area contributed by atoms with Crippen molar-refractivity contribution in [2.45, 2.75) is 75.5 Å². The van der Waals surface area contributed by atoms with Crippen molar-refractivity contribution in [3.63, 3.8) is 0 Å². The summed E-state index contributed by atoms with van der Waals surface area (Å²) in [6.45, 7) is 0. The Morgan fingerprint density at radius 2 is 1.39 bits per heavy atom. The highest BCUT2D eigenvalue weighted by molar-refractivity contribution is 6.10. The van der Waals surface area contributed by atoms with Crippen molar-refractivity contribution in [1.29, 1.82) is 0 Å². The summed E-state index contributed by atoms with van der Waals surface area (Å²) >= 11 is 0. The van der Waals surface area contributed by atoms with Crippen molar-refractivity contribution in [3.8, 4) is 11.1 Å². The van der Waals surface area contributed by atoms with Gasteiger partial charge in [0.05, 0.1) is 0 Å². The zero-order valence-electron chi connectivity index (χ0n) is 32.4. The van der Waals surface area contributed by atoms with E-state index >= 15 is 0 Å². The minimum Gasteiger partial charge on any atom is -0.460 e. The summed E-state index contributed by atoms with van der Waals surface area (Å²) in [5.74, 6) is 2.98. The first kappa shape index (κ1) is 32.5. The molecule has 0 radical (unpaired) electrons. The highest BCUT2D eigenvalue weighted by Gasteiger charge is 2.52. The van der Waals surface area contributed by atoms with Gasteiger partial charge in [-0.2, -0.15) is 0 Å². The highest BCUT2D eigenvalue weighted by Crippen LogP contribution is 2.64. The average Bonchev–Trinajstić information content (AvgIpc) is 4.06. The summed E-state index contributed by atoms with van der Waals surface area (Å²) in [4.78, 5) is 0. The first-order chi connectivity index (χ1) is 28.3. The van der Waals surface area contributed by atoms with Crippen molar-refractivity contribution in [2.75, 3.05) is 0 Å². The van der Waals surface area contributed by atoms with Gasteiger partial charge in [0.25, 0.3) is 0 Å². The lowest BCUT2D eigenvalue weighted by atomic mass is 9.53. The van der Waals surface area contributed by atoms with Crippen molar-refractivity contribution >= 4 is 44.1 Å². The fourth-order valence-corrected chi connectivity index (χ4v) is 13.3. The fraction of sp³-hybridized carbons (Fsp3) is 0.273. The quantitative estimate of drug-likeness (QED) is 0.180. The first-order valence-electron chi connectivity index (χ1n) is 21.7. The predicted octanol–water partition coefficient (Wildman–Crippen LogP) is 14.7. The number of rotatable bonds is 3. The molecule has 2 nitrogen and oxygen atoms in total. The van der Waals surface area contributed by atoms with Crippen LogP contribution < -0.4 is 0 Å². The molecule has 4 unspecified atom stereocenters. The van der Waals surface area contributed by atoms with E-state index in [0.29, 0.717) is 23.7 Å². The molecule has 2 fully saturated rings. The maximum Gasteiger partial charge on any atom is 0.136 e. The van der Waals surface area contributed by atoms with Crippen LogP contribution in [0.15, 0.2) is 153 Å². The lowest BCUT2D eigenvalue weighted by Gasteiger charge is -2.50. The third kappa shape index (κ3) is 4.48. The number of benzene rings is 5. The normalized spacial score (nSPS) is 24.4. The Morgan fingerprint density at radius 1 is 0.632 bits per heavy atom. The molecule has 0 aliphatic heterocycles. The van der Waals surface area contributed by atoms with Gasteiger partial charge in [0.1, 0.15) is 22.5 Å². The molecule has 6 aliphatic rings. The van der Waals surface area contributed by atoms with E-state index in [-0.39, 0.29) is 5.41 Å². The number of aryl methyl sites for hydroxylation is 1. The Morgan fingerprint density at radius 3 is 2.30 bits per heavy atom. The second kappa shape index (κ2) is 12.2. The smallest absolute Gasteiger partial charge is 0.136 e. The Labute approximate surface area is 334 Å². The van der Waals surface area contributed by atoms with Crippen molar-refractivity contribution < 1.29 is 8.83 Å². The lowest BCUT2D eigenvalue weighted by molar-refractivity contribution is 0.208. The maximum absolute atomic E-state index is 6.60.